The van der Waals surface area contributed by atoms with Crippen LogP contribution in [0, 0.1) is 24.0 Å². The van der Waals surface area contributed by atoms with Crippen LogP contribution in [0.1, 0.15) is 17.0 Å². The van der Waals surface area contributed by atoms with Gasteiger partial charge in [0.25, 0.3) is 0 Å². The Morgan fingerprint density at radius 2 is 1.95 bits per heavy atom. The summed E-state index contributed by atoms with van der Waals surface area (Å²) >= 11 is 0. The maximum absolute atomic E-state index is 11.2. The van der Waals surface area contributed by atoms with Crippen LogP contribution in [0.25, 0.3) is 0 Å². The van der Waals surface area contributed by atoms with Crippen LogP contribution in [0.2, 0.25) is 0 Å². The predicted molar refractivity (Wildman–Crippen MR) is 80.9 cm³/mol. The first-order valence-corrected chi connectivity index (χ1v) is 6.60. The second-order valence-electron chi connectivity index (χ2n) is 4.80. The number of aliphatic hydroxyl groups is 1. The molecule has 6 nitrogen and oxygen atoms in total. The lowest BCUT2D eigenvalue weighted by Gasteiger charge is -2.10. The average Bonchev–Trinajstić information content (AvgIpc) is 2.40. The fraction of sp³-hybridized carbons (Fsp3) is 0.267. The molecule has 1 aromatic carbocycles. The molecule has 2 aromatic rings. The van der Waals surface area contributed by atoms with Gasteiger partial charge in [0, 0.05) is 18.0 Å². The number of anilines is 2. The first-order valence-electron chi connectivity index (χ1n) is 6.60. The molecule has 21 heavy (non-hydrogen) atoms. The molecule has 2 rings (SSSR count). The molecule has 0 aliphatic carbocycles. The van der Waals surface area contributed by atoms with Crippen molar-refractivity contribution in [1.82, 2.24) is 4.98 Å². The Kier molecular flexibility index (Phi) is 4.49. The lowest BCUT2D eigenvalue weighted by Crippen LogP contribution is -2.02. The van der Waals surface area contributed by atoms with E-state index in [1.807, 2.05) is 24.3 Å². The Bertz CT molecular complexity index is 654. The van der Waals surface area contributed by atoms with Crippen LogP contribution in [-0.2, 0) is 6.42 Å². The second kappa shape index (κ2) is 6.32. The summed E-state index contributed by atoms with van der Waals surface area (Å²) in [4.78, 5) is 14.9. The van der Waals surface area contributed by atoms with Gasteiger partial charge in [0.15, 0.2) is 0 Å². The maximum atomic E-state index is 11.2. The molecule has 0 radical (unpaired) electrons. The molecular weight excluding hydrogens is 270 g/mol. The molecule has 1 aromatic heterocycles. The molecule has 0 saturated carbocycles. The van der Waals surface area contributed by atoms with Gasteiger partial charge in [-0.25, -0.2) is 0 Å². The standard InChI is InChI=1S/C15H17N3O3/c1-10-9-14(15(18(20)21)11(2)16-10)17-13-5-3-12(4-6-13)7-8-19/h3-6,9,19H,7-8H2,1-2H3,(H,16,17). The van der Waals surface area contributed by atoms with Crippen molar-refractivity contribution in [2.45, 2.75) is 20.3 Å². The van der Waals surface area contributed by atoms with E-state index in [-0.39, 0.29) is 12.3 Å². The Balaban J connectivity index is 2.32. The number of benzene rings is 1. The van der Waals surface area contributed by atoms with Crippen molar-refractivity contribution in [2.24, 2.45) is 0 Å². The minimum atomic E-state index is -0.426. The monoisotopic (exact) mass is 287 g/mol. The van der Waals surface area contributed by atoms with E-state index in [1.54, 1.807) is 19.9 Å². The number of nitrogens with one attached hydrogen (secondary N) is 1. The number of pyridine rings is 1. The summed E-state index contributed by atoms with van der Waals surface area (Å²) in [5.74, 6) is 0. The van der Waals surface area contributed by atoms with E-state index >= 15 is 0 Å². The summed E-state index contributed by atoms with van der Waals surface area (Å²) in [5, 5.41) is 23.1. The number of aromatic nitrogens is 1. The molecule has 2 N–H and O–H groups in total. The van der Waals surface area contributed by atoms with Crippen LogP contribution in [-0.4, -0.2) is 21.6 Å². The molecule has 0 aliphatic heterocycles. The molecule has 0 unspecified atom stereocenters. The fourth-order valence-corrected chi connectivity index (χ4v) is 2.19. The van der Waals surface area contributed by atoms with Crippen LogP contribution >= 0.6 is 0 Å². The zero-order valence-electron chi connectivity index (χ0n) is 12.0. The molecule has 110 valence electrons. The smallest absolute Gasteiger partial charge is 0.313 e. The normalized spacial score (nSPS) is 10.4. The van der Waals surface area contributed by atoms with Crippen molar-refractivity contribution in [3.63, 3.8) is 0 Å². The van der Waals surface area contributed by atoms with E-state index < -0.39 is 4.92 Å². The van der Waals surface area contributed by atoms with Gasteiger partial charge in [-0.15, -0.1) is 0 Å². The molecule has 1 heterocycles. The van der Waals surface area contributed by atoms with Gasteiger partial charge in [0.05, 0.1) is 4.92 Å². The molecule has 0 saturated heterocycles. The van der Waals surface area contributed by atoms with E-state index in [2.05, 4.69) is 10.3 Å². The van der Waals surface area contributed by atoms with Crippen LogP contribution < -0.4 is 5.32 Å². The Labute approximate surface area is 122 Å². The first kappa shape index (κ1) is 14.9. The Hall–Kier alpha value is -2.47. The number of aryl methyl sites for hydroxylation is 2. The quantitative estimate of drug-likeness (QED) is 0.652. The van der Waals surface area contributed by atoms with Crippen molar-refractivity contribution in [2.75, 3.05) is 11.9 Å². The van der Waals surface area contributed by atoms with E-state index in [9.17, 15) is 10.1 Å². The zero-order chi connectivity index (χ0) is 15.4. The van der Waals surface area contributed by atoms with Gasteiger partial charge in [-0.2, -0.15) is 0 Å². The summed E-state index contributed by atoms with van der Waals surface area (Å²) in [7, 11) is 0. The Morgan fingerprint density at radius 3 is 2.52 bits per heavy atom. The van der Waals surface area contributed by atoms with Crippen LogP contribution in [0.3, 0.4) is 0 Å². The van der Waals surface area contributed by atoms with Gasteiger partial charge in [-0.05, 0) is 44.0 Å². The number of hydrogen-bond donors (Lipinski definition) is 2. The third-order valence-corrected chi connectivity index (χ3v) is 3.11. The van der Waals surface area contributed by atoms with Gasteiger partial charge in [-0.1, -0.05) is 12.1 Å². The topological polar surface area (TPSA) is 88.3 Å². The highest BCUT2D eigenvalue weighted by Crippen LogP contribution is 2.30. The SMILES string of the molecule is Cc1cc(Nc2ccc(CCO)cc2)c([N+](=O)[O-])c(C)n1. The van der Waals surface area contributed by atoms with E-state index in [0.29, 0.717) is 17.8 Å². The van der Waals surface area contributed by atoms with Crippen LogP contribution in [0.15, 0.2) is 30.3 Å². The number of aliphatic hydroxyl groups excluding tert-OH is 1. The molecule has 0 atom stereocenters. The van der Waals surface area contributed by atoms with Gasteiger partial charge in [-0.3, -0.25) is 15.1 Å². The van der Waals surface area contributed by atoms with Crippen molar-refractivity contribution in [1.29, 1.82) is 0 Å². The van der Waals surface area contributed by atoms with E-state index in [1.165, 1.54) is 0 Å². The first-order chi connectivity index (χ1) is 10.0. The minimum Gasteiger partial charge on any atom is -0.396 e. The van der Waals surface area contributed by atoms with Gasteiger partial charge < -0.3 is 10.4 Å². The van der Waals surface area contributed by atoms with Crippen molar-refractivity contribution < 1.29 is 10.0 Å². The van der Waals surface area contributed by atoms with Crippen LogP contribution in [0.5, 0.6) is 0 Å². The third kappa shape index (κ3) is 3.55. The summed E-state index contributed by atoms with van der Waals surface area (Å²) in [6.07, 6.45) is 0.591. The van der Waals surface area contributed by atoms with Crippen molar-refractivity contribution >= 4 is 17.1 Å². The Morgan fingerprint density at radius 1 is 1.29 bits per heavy atom. The number of nitro groups is 1. The molecular formula is C15H17N3O3. The number of hydrogen-bond acceptors (Lipinski definition) is 5. The molecule has 0 aliphatic rings. The van der Waals surface area contributed by atoms with Gasteiger partial charge in [0.1, 0.15) is 11.4 Å². The lowest BCUT2D eigenvalue weighted by atomic mass is 10.1. The number of rotatable bonds is 5. The van der Waals surface area contributed by atoms with Crippen molar-refractivity contribution in [3.8, 4) is 0 Å². The third-order valence-electron chi connectivity index (χ3n) is 3.11. The van der Waals surface area contributed by atoms with E-state index in [0.717, 1.165) is 16.9 Å². The maximum Gasteiger partial charge on any atom is 0.313 e. The fourth-order valence-electron chi connectivity index (χ4n) is 2.19. The lowest BCUT2D eigenvalue weighted by molar-refractivity contribution is -0.384. The highest BCUT2D eigenvalue weighted by Gasteiger charge is 2.19. The highest BCUT2D eigenvalue weighted by molar-refractivity contribution is 5.71. The second-order valence-corrected chi connectivity index (χ2v) is 4.80. The molecule has 0 spiro atoms. The average molecular weight is 287 g/mol. The van der Waals surface area contributed by atoms with Gasteiger partial charge in [0.2, 0.25) is 0 Å². The molecule has 0 fully saturated rings. The minimum absolute atomic E-state index is 0.0139. The summed E-state index contributed by atoms with van der Waals surface area (Å²) < 4.78 is 0. The predicted octanol–water partition coefficient (Wildman–Crippen LogP) is 2.89. The number of nitrogens with zero attached hydrogens (tertiary/aromatic N) is 2. The van der Waals surface area contributed by atoms with E-state index in [4.69, 9.17) is 5.11 Å². The summed E-state index contributed by atoms with van der Waals surface area (Å²) in [6, 6.07) is 9.09. The summed E-state index contributed by atoms with van der Waals surface area (Å²) in [5.41, 5.74) is 3.29. The largest absolute Gasteiger partial charge is 0.396 e. The molecule has 6 heteroatoms. The summed E-state index contributed by atoms with van der Waals surface area (Å²) in [6.45, 7) is 3.52. The molecule has 0 amide bonds. The van der Waals surface area contributed by atoms with Crippen LogP contribution in [0.4, 0.5) is 17.1 Å². The van der Waals surface area contributed by atoms with Gasteiger partial charge >= 0.3 is 5.69 Å². The zero-order valence-corrected chi connectivity index (χ0v) is 12.0. The molecule has 0 bridgehead atoms. The van der Waals surface area contributed by atoms with Crippen molar-refractivity contribution in [3.05, 3.63) is 57.4 Å². The highest BCUT2D eigenvalue weighted by atomic mass is 16.6.